The summed E-state index contributed by atoms with van der Waals surface area (Å²) in [5.41, 5.74) is 0.507. The number of hydrogen-bond acceptors (Lipinski definition) is 3. The van der Waals surface area contributed by atoms with Gasteiger partial charge in [0.2, 0.25) is 6.10 Å². The summed E-state index contributed by atoms with van der Waals surface area (Å²) in [4.78, 5) is 23.5. The number of hydrogen-bond donors (Lipinski definition) is 2. The topological polar surface area (TPSA) is 67.4 Å². The van der Waals surface area contributed by atoms with Gasteiger partial charge in [-0.25, -0.2) is 9.18 Å². The van der Waals surface area contributed by atoms with Gasteiger partial charge in [-0.2, -0.15) is 0 Å². The third kappa shape index (κ3) is 3.82. The van der Waals surface area contributed by atoms with Gasteiger partial charge in [0.25, 0.3) is 5.91 Å². The highest BCUT2D eigenvalue weighted by molar-refractivity contribution is 5.97. The van der Waals surface area contributed by atoms with Crippen molar-refractivity contribution in [3.63, 3.8) is 0 Å². The van der Waals surface area contributed by atoms with E-state index in [-0.39, 0.29) is 5.75 Å². The number of ether oxygens (including phenoxy) is 1. The van der Waals surface area contributed by atoms with Crippen molar-refractivity contribution in [2.75, 3.05) is 7.05 Å². The first kappa shape index (κ1) is 15.5. The van der Waals surface area contributed by atoms with Gasteiger partial charge in [-0.15, -0.1) is 0 Å². The maximum atomic E-state index is 13.7. The lowest BCUT2D eigenvalue weighted by atomic mass is 10.1. The molecule has 0 heterocycles. The molecule has 0 unspecified atom stereocenters. The standard InChI is InChI=1S/C16H15FN2O3/c1-18-16(21)19-15(20)14(11-7-3-2-4-8-11)22-13-10-6-5-9-12(13)17/h2-10,14H,1H3,(H2,18,19,20,21)/t14-/m1/s1. The Kier molecular flexibility index (Phi) is 5.08. The monoisotopic (exact) mass is 302 g/mol. The van der Waals surface area contributed by atoms with Crippen LogP contribution >= 0.6 is 0 Å². The van der Waals surface area contributed by atoms with Crippen molar-refractivity contribution in [1.82, 2.24) is 10.6 Å². The minimum Gasteiger partial charge on any atom is -0.473 e. The maximum Gasteiger partial charge on any atom is 0.321 e. The number of carbonyl (C=O) groups is 2. The van der Waals surface area contributed by atoms with Crippen molar-refractivity contribution in [2.24, 2.45) is 0 Å². The highest BCUT2D eigenvalue weighted by Crippen LogP contribution is 2.24. The number of urea groups is 1. The summed E-state index contributed by atoms with van der Waals surface area (Å²) in [5.74, 6) is -1.34. The van der Waals surface area contributed by atoms with E-state index >= 15 is 0 Å². The third-order valence-electron chi connectivity index (χ3n) is 2.89. The van der Waals surface area contributed by atoms with Crippen molar-refractivity contribution in [3.05, 3.63) is 66.0 Å². The molecule has 1 atom stereocenters. The Balaban J connectivity index is 2.28. The molecular formula is C16H15FN2O3. The summed E-state index contributed by atoms with van der Waals surface area (Å²) in [7, 11) is 1.39. The minimum atomic E-state index is -1.14. The van der Waals surface area contributed by atoms with E-state index in [1.807, 2.05) is 0 Å². The molecule has 5 nitrogen and oxygen atoms in total. The number of nitrogens with one attached hydrogen (secondary N) is 2. The number of benzene rings is 2. The second kappa shape index (κ2) is 7.21. The van der Waals surface area contributed by atoms with Crippen LogP contribution in [0.5, 0.6) is 5.75 Å². The average Bonchev–Trinajstić information content (AvgIpc) is 2.54. The molecular weight excluding hydrogens is 287 g/mol. The predicted octanol–water partition coefficient (Wildman–Crippen LogP) is 2.40. The van der Waals surface area contributed by atoms with Crippen molar-refractivity contribution < 1.29 is 18.7 Å². The van der Waals surface area contributed by atoms with E-state index in [1.54, 1.807) is 36.4 Å². The Morgan fingerprint density at radius 2 is 1.68 bits per heavy atom. The highest BCUT2D eigenvalue weighted by atomic mass is 19.1. The number of rotatable bonds is 4. The molecule has 0 aliphatic rings. The first-order chi connectivity index (χ1) is 10.6. The van der Waals surface area contributed by atoms with E-state index in [1.165, 1.54) is 25.2 Å². The smallest absolute Gasteiger partial charge is 0.321 e. The van der Waals surface area contributed by atoms with Gasteiger partial charge in [-0.05, 0) is 12.1 Å². The Morgan fingerprint density at radius 1 is 1.05 bits per heavy atom. The molecule has 114 valence electrons. The van der Waals surface area contributed by atoms with Crippen molar-refractivity contribution >= 4 is 11.9 Å². The highest BCUT2D eigenvalue weighted by Gasteiger charge is 2.25. The van der Waals surface area contributed by atoms with Crippen LogP contribution in [0.4, 0.5) is 9.18 Å². The van der Waals surface area contributed by atoms with Gasteiger partial charge in [0.1, 0.15) is 0 Å². The van der Waals surface area contributed by atoms with Crippen LogP contribution in [0, 0.1) is 5.82 Å². The fourth-order valence-corrected chi connectivity index (χ4v) is 1.81. The largest absolute Gasteiger partial charge is 0.473 e. The van der Waals surface area contributed by atoms with E-state index in [9.17, 15) is 14.0 Å². The van der Waals surface area contributed by atoms with Gasteiger partial charge in [0.15, 0.2) is 11.6 Å². The SMILES string of the molecule is CNC(=O)NC(=O)[C@H](Oc1ccccc1F)c1ccccc1. The summed E-state index contributed by atoms with van der Waals surface area (Å²) in [6.07, 6.45) is -1.14. The van der Waals surface area contributed by atoms with E-state index in [4.69, 9.17) is 4.74 Å². The van der Waals surface area contributed by atoms with Gasteiger partial charge >= 0.3 is 6.03 Å². The molecule has 2 aromatic carbocycles. The van der Waals surface area contributed by atoms with Gasteiger partial charge in [0, 0.05) is 12.6 Å². The van der Waals surface area contributed by atoms with E-state index < -0.39 is 23.9 Å². The van der Waals surface area contributed by atoms with Crippen LogP contribution in [0.1, 0.15) is 11.7 Å². The Labute approximate surface area is 127 Å². The first-order valence-corrected chi connectivity index (χ1v) is 6.60. The van der Waals surface area contributed by atoms with Gasteiger partial charge in [-0.1, -0.05) is 42.5 Å². The number of para-hydroxylation sites is 1. The molecule has 2 N–H and O–H groups in total. The summed E-state index contributed by atoms with van der Waals surface area (Å²) in [6, 6.07) is 13.6. The normalized spacial score (nSPS) is 11.4. The Hall–Kier alpha value is -2.89. The van der Waals surface area contributed by atoms with E-state index in [0.717, 1.165) is 0 Å². The molecule has 0 spiro atoms. The second-order valence-corrected chi connectivity index (χ2v) is 4.41. The molecule has 3 amide bonds. The maximum absolute atomic E-state index is 13.7. The quantitative estimate of drug-likeness (QED) is 0.911. The van der Waals surface area contributed by atoms with Crippen molar-refractivity contribution in [3.8, 4) is 5.75 Å². The van der Waals surface area contributed by atoms with Gasteiger partial charge in [0.05, 0.1) is 0 Å². The van der Waals surface area contributed by atoms with Crippen LogP contribution in [0.15, 0.2) is 54.6 Å². The molecule has 0 aliphatic heterocycles. The predicted molar refractivity (Wildman–Crippen MR) is 78.8 cm³/mol. The Morgan fingerprint density at radius 3 is 2.32 bits per heavy atom. The molecule has 2 rings (SSSR count). The zero-order valence-electron chi connectivity index (χ0n) is 11.9. The summed E-state index contributed by atoms with van der Waals surface area (Å²) >= 11 is 0. The molecule has 0 bridgehead atoms. The van der Waals surface area contributed by atoms with Gasteiger partial charge in [-0.3, -0.25) is 10.1 Å². The van der Waals surface area contributed by atoms with Crippen LogP contribution < -0.4 is 15.4 Å². The number of imide groups is 1. The summed E-state index contributed by atoms with van der Waals surface area (Å²) in [5, 5.41) is 4.41. The first-order valence-electron chi connectivity index (χ1n) is 6.60. The van der Waals surface area contributed by atoms with Crippen LogP contribution in [0.3, 0.4) is 0 Å². The lowest BCUT2D eigenvalue weighted by molar-refractivity contribution is -0.127. The molecule has 0 aliphatic carbocycles. The third-order valence-corrected chi connectivity index (χ3v) is 2.89. The lowest BCUT2D eigenvalue weighted by Gasteiger charge is -2.19. The number of amides is 3. The van der Waals surface area contributed by atoms with Crippen LogP contribution in [0.2, 0.25) is 0 Å². The molecule has 0 aromatic heterocycles. The Bertz CT molecular complexity index is 661. The second-order valence-electron chi connectivity index (χ2n) is 4.41. The molecule has 0 saturated carbocycles. The molecule has 6 heteroatoms. The molecule has 0 fully saturated rings. The molecule has 22 heavy (non-hydrogen) atoms. The van der Waals surface area contributed by atoms with Crippen LogP contribution in [-0.4, -0.2) is 19.0 Å². The number of halogens is 1. The lowest BCUT2D eigenvalue weighted by Crippen LogP contribution is -2.41. The van der Waals surface area contributed by atoms with Crippen molar-refractivity contribution in [2.45, 2.75) is 6.10 Å². The fraction of sp³-hybridized carbons (Fsp3) is 0.125. The van der Waals surface area contributed by atoms with Crippen molar-refractivity contribution in [1.29, 1.82) is 0 Å². The van der Waals surface area contributed by atoms with Crippen LogP contribution in [-0.2, 0) is 4.79 Å². The zero-order valence-corrected chi connectivity index (χ0v) is 11.9. The molecule has 2 aromatic rings. The average molecular weight is 302 g/mol. The number of carbonyl (C=O) groups excluding carboxylic acids is 2. The summed E-state index contributed by atoms with van der Waals surface area (Å²) in [6.45, 7) is 0. The van der Waals surface area contributed by atoms with Crippen LogP contribution in [0.25, 0.3) is 0 Å². The van der Waals surface area contributed by atoms with E-state index in [0.29, 0.717) is 5.56 Å². The zero-order chi connectivity index (χ0) is 15.9. The van der Waals surface area contributed by atoms with E-state index in [2.05, 4.69) is 10.6 Å². The van der Waals surface area contributed by atoms with Gasteiger partial charge < -0.3 is 10.1 Å². The minimum absolute atomic E-state index is 0.0663. The fourth-order valence-electron chi connectivity index (χ4n) is 1.81. The summed E-state index contributed by atoms with van der Waals surface area (Å²) < 4.78 is 19.2. The molecule has 0 saturated heterocycles. The molecule has 0 radical (unpaired) electrons.